The molecule has 110 valence electrons. The molecule has 3 N–H and O–H groups in total. The van der Waals surface area contributed by atoms with Crippen molar-refractivity contribution in [1.29, 1.82) is 0 Å². The molecule has 2 atom stereocenters. The molecule has 3 nitrogen and oxygen atoms in total. The molecule has 0 bridgehead atoms. The second-order valence-corrected chi connectivity index (χ2v) is 18.4. The van der Waals surface area contributed by atoms with Crippen LogP contribution in [0.4, 0.5) is 0 Å². The van der Waals surface area contributed by atoms with E-state index in [0.29, 0.717) is 6.61 Å². The van der Waals surface area contributed by atoms with E-state index in [1.54, 1.807) is 6.92 Å². The van der Waals surface area contributed by atoms with E-state index in [0.717, 1.165) is 6.42 Å². The zero-order valence-electron chi connectivity index (χ0n) is 13.1. The fraction of sp³-hybridized carbons (Fsp3) is 1.00. The highest BCUT2D eigenvalue weighted by Crippen LogP contribution is 2.24. The van der Waals surface area contributed by atoms with Crippen LogP contribution in [0.25, 0.3) is 0 Å². The van der Waals surface area contributed by atoms with E-state index in [1.807, 2.05) is 0 Å². The number of aliphatic hydroxyl groups is 1. The molecular weight excluding hydrogens is 258 g/mol. The fourth-order valence-corrected chi connectivity index (χ4v) is 8.81. The molecule has 0 aliphatic carbocycles. The summed E-state index contributed by atoms with van der Waals surface area (Å²) < 4.78 is 5.40. The lowest BCUT2D eigenvalue weighted by atomic mass is 10.4. The summed E-state index contributed by atoms with van der Waals surface area (Å²) in [4.78, 5) is 0. The number of nitrogens with two attached hydrogens (primary N) is 1. The summed E-state index contributed by atoms with van der Waals surface area (Å²) in [5, 5.41) is 9.22. The zero-order chi connectivity index (χ0) is 14.4. The second kappa shape index (κ2) is 7.79. The second-order valence-electron chi connectivity index (χ2n) is 7.40. The molecule has 2 unspecified atom stereocenters. The normalized spacial score (nSPS) is 16.7. The SMILES string of the molecule is CC(O)C(N)OCCC[Si](C)(C)CC[Si](C)(C)C. The molecule has 0 saturated carbocycles. The molecule has 5 heteroatoms. The van der Waals surface area contributed by atoms with Crippen LogP contribution in [0.15, 0.2) is 0 Å². The van der Waals surface area contributed by atoms with Gasteiger partial charge in [0.1, 0.15) is 6.23 Å². The van der Waals surface area contributed by atoms with Gasteiger partial charge < -0.3 is 15.6 Å². The van der Waals surface area contributed by atoms with E-state index in [1.165, 1.54) is 18.1 Å². The van der Waals surface area contributed by atoms with Crippen LogP contribution in [0.1, 0.15) is 13.3 Å². The smallest absolute Gasteiger partial charge is 0.131 e. The predicted octanol–water partition coefficient (Wildman–Crippen LogP) is 3.11. The number of rotatable bonds is 9. The highest BCUT2D eigenvalue weighted by Gasteiger charge is 2.24. The quantitative estimate of drug-likeness (QED) is 0.390. The third-order valence-corrected chi connectivity index (χ3v) is 8.90. The maximum atomic E-state index is 9.22. The summed E-state index contributed by atoms with van der Waals surface area (Å²) in [6.45, 7) is 14.6. The van der Waals surface area contributed by atoms with E-state index in [4.69, 9.17) is 10.5 Å². The Bertz CT molecular complexity index is 228. The maximum Gasteiger partial charge on any atom is 0.131 e. The van der Waals surface area contributed by atoms with Crippen molar-refractivity contribution < 1.29 is 9.84 Å². The molecule has 0 aromatic carbocycles. The van der Waals surface area contributed by atoms with Gasteiger partial charge in [0, 0.05) is 22.8 Å². The van der Waals surface area contributed by atoms with Crippen molar-refractivity contribution in [2.75, 3.05) is 6.61 Å². The number of aliphatic hydroxyl groups excluding tert-OH is 1. The van der Waals surface area contributed by atoms with Crippen molar-refractivity contribution in [3.05, 3.63) is 0 Å². The first-order valence-corrected chi connectivity index (χ1v) is 14.2. The largest absolute Gasteiger partial charge is 0.389 e. The summed E-state index contributed by atoms with van der Waals surface area (Å²) in [5.74, 6) is 0. The molecule has 0 rings (SSSR count). The number of hydrogen-bond donors (Lipinski definition) is 2. The van der Waals surface area contributed by atoms with Gasteiger partial charge in [-0.25, -0.2) is 0 Å². The van der Waals surface area contributed by atoms with Gasteiger partial charge in [-0.1, -0.05) is 50.9 Å². The predicted molar refractivity (Wildman–Crippen MR) is 85.5 cm³/mol. The number of hydrogen-bond acceptors (Lipinski definition) is 3. The monoisotopic (exact) mass is 291 g/mol. The van der Waals surface area contributed by atoms with Gasteiger partial charge >= 0.3 is 0 Å². The number of ether oxygens (including phenoxy) is 1. The molecule has 0 heterocycles. The van der Waals surface area contributed by atoms with Crippen LogP contribution in [-0.4, -0.2) is 40.2 Å². The van der Waals surface area contributed by atoms with E-state index in [-0.39, 0.29) is 0 Å². The van der Waals surface area contributed by atoms with E-state index >= 15 is 0 Å². The molecule has 0 spiro atoms. The Morgan fingerprint density at radius 3 is 2.06 bits per heavy atom. The lowest BCUT2D eigenvalue weighted by molar-refractivity contribution is -0.0251. The first-order valence-electron chi connectivity index (χ1n) is 7.09. The average Bonchev–Trinajstić information content (AvgIpc) is 2.20. The van der Waals surface area contributed by atoms with Gasteiger partial charge in [0.05, 0.1) is 6.10 Å². The van der Waals surface area contributed by atoms with Gasteiger partial charge in [0.2, 0.25) is 0 Å². The molecule has 0 radical (unpaired) electrons. The minimum Gasteiger partial charge on any atom is -0.389 e. The summed E-state index contributed by atoms with van der Waals surface area (Å²) in [6, 6.07) is 4.18. The third kappa shape index (κ3) is 10.3. The summed E-state index contributed by atoms with van der Waals surface area (Å²) in [6.07, 6.45) is -0.0374. The Morgan fingerprint density at radius 1 is 1.06 bits per heavy atom. The molecule has 0 aromatic rings. The fourth-order valence-electron chi connectivity index (χ4n) is 1.75. The summed E-state index contributed by atoms with van der Waals surface area (Å²) in [7, 11) is -1.96. The molecule has 0 aliphatic rings. The van der Waals surface area contributed by atoms with Gasteiger partial charge in [-0.2, -0.15) is 0 Å². The van der Waals surface area contributed by atoms with Gasteiger partial charge in [-0.3, -0.25) is 0 Å². The Hall–Kier alpha value is 0.314. The van der Waals surface area contributed by atoms with Gasteiger partial charge in [-0.15, -0.1) is 0 Å². The molecule has 0 fully saturated rings. The molecule has 0 aromatic heterocycles. The third-order valence-electron chi connectivity index (χ3n) is 3.34. The van der Waals surface area contributed by atoms with E-state index in [9.17, 15) is 5.11 Å². The lowest BCUT2D eigenvalue weighted by Crippen LogP contribution is -2.36. The Morgan fingerprint density at radius 2 is 1.61 bits per heavy atom. The summed E-state index contributed by atoms with van der Waals surface area (Å²) in [5.41, 5.74) is 5.63. The van der Waals surface area contributed by atoms with Crippen LogP contribution in [0.3, 0.4) is 0 Å². The van der Waals surface area contributed by atoms with Crippen LogP contribution in [-0.2, 0) is 4.74 Å². The average molecular weight is 292 g/mol. The van der Waals surface area contributed by atoms with Crippen LogP contribution >= 0.6 is 0 Å². The first kappa shape index (κ1) is 18.3. The first-order chi connectivity index (χ1) is 8.03. The zero-order valence-corrected chi connectivity index (χ0v) is 15.1. The Balaban J connectivity index is 3.77. The van der Waals surface area contributed by atoms with Crippen molar-refractivity contribution in [3.63, 3.8) is 0 Å². The molecule has 0 amide bonds. The topological polar surface area (TPSA) is 55.5 Å². The summed E-state index contributed by atoms with van der Waals surface area (Å²) >= 11 is 0. The highest BCUT2D eigenvalue weighted by molar-refractivity contribution is 6.82. The minimum absolute atomic E-state index is 0.531. The molecule has 0 saturated heterocycles. The lowest BCUT2D eigenvalue weighted by Gasteiger charge is -2.26. The Kier molecular flexibility index (Phi) is 7.93. The van der Waals surface area contributed by atoms with Gasteiger partial charge in [-0.05, 0) is 13.3 Å². The van der Waals surface area contributed by atoms with Crippen molar-refractivity contribution in [3.8, 4) is 0 Å². The van der Waals surface area contributed by atoms with E-state index < -0.39 is 28.5 Å². The van der Waals surface area contributed by atoms with Crippen LogP contribution in [0.2, 0.25) is 50.9 Å². The van der Waals surface area contributed by atoms with Crippen LogP contribution in [0.5, 0.6) is 0 Å². The molecule has 0 aliphatic heterocycles. The van der Waals surface area contributed by atoms with E-state index in [2.05, 4.69) is 32.7 Å². The van der Waals surface area contributed by atoms with Crippen molar-refractivity contribution in [2.24, 2.45) is 5.73 Å². The van der Waals surface area contributed by atoms with Crippen LogP contribution < -0.4 is 5.73 Å². The standard InChI is InChI=1S/C13H33NO2Si2/c1-12(15)13(14)16-8-7-9-18(5,6)11-10-17(2,3)4/h12-13,15H,7-11,14H2,1-6H3. The van der Waals surface area contributed by atoms with Gasteiger partial charge in [0.25, 0.3) is 0 Å². The minimum atomic E-state index is -1.06. The molecule has 18 heavy (non-hydrogen) atoms. The Labute approximate surface area is 115 Å². The van der Waals surface area contributed by atoms with Crippen LogP contribution in [0, 0.1) is 0 Å². The highest BCUT2D eigenvalue weighted by atomic mass is 28.3. The van der Waals surface area contributed by atoms with Crippen molar-refractivity contribution in [1.82, 2.24) is 0 Å². The maximum absolute atomic E-state index is 9.22. The van der Waals surface area contributed by atoms with Gasteiger partial charge in [0.15, 0.2) is 0 Å². The van der Waals surface area contributed by atoms with Crippen molar-refractivity contribution in [2.45, 2.75) is 76.5 Å². The van der Waals surface area contributed by atoms with Crippen molar-refractivity contribution >= 4 is 16.1 Å². The molecular formula is C13H33NO2Si2.